The number of rotatable bonds is 12. The maximum absolute atomic E-state index is 12.6. The van der Waals surface area contributed by atoms with Crippen LogP contribution in [0.15, 0.2) is 0 Å². The Labute approximate surface area is 256 Å². The normalized spacial score (nSPS) is 41.9. The molecule has 0 aromatic heterocycles. The molecule has 0 spiro atoms. The molecule has 3 heterocycles. The van der Waals surface area contributed by atoms with Crippen molar-refractivity contribution in [3.63, 3.8) is 0 Å². The van der Waals surface area contributed by atoms with Gasteiger partial charge in [-0.3, -0.25) is 9.59 Å². The first kappa shape index (κ1) is 37.3. The third-order valence-electron chi connectivity index (χ3n) is 7.80. The molecule has 3 aliphatic heterocycles. The first-order chi connectivity index (χ1) is 21.1. The molecule has 3 rings (SSSR count). The number of ether oxygens (including phenoxy) is 5. The number of hydrogen-bond acceptors (Lipinski definition) is 17. The second-order valence-corrected chi connectivity index (χ2v) is 11.1. The van der Waals surface area contributed by atoms with E-state index in [0.717, 1.165) is 6.92 Å². The average Bonchev–Trinajstić information content (AvgIpc) is 2.98. The van der Waals surface area contributed by atoms with Crippen molar-refractivity contribution >= 4 is 17.8 Å². The predicted octanol–water partition coefficient (Wildman–Crippen LogP) is -7.40. The molecule has 45 heavy (non-hydrogen) atoms. The molecule has 260 valence electrons. The zero-order chi connectivity index (χ0) is 33.8. The van der Waals surface area contributed by atoms with E-state index in [1.165, 1.54) is 6.92 Å². The molecule has 0 saturated carbocycles. The second kappa shape index (κ2) is 15.6. The fourth-order valence-electron chi connectivity index (χ4n) is 5.51. The number of carboxylic acids is 1. The van der Waals surface area contributed by atoms with E-state index >= 15 is 0 Å². The molecule has 3 fully saturated rings. The second-order valence-electron chi connectivity index (χ2n) is 11.1. The summed E-state index contributed by atoms with van der Waals surface area (Å²) in [5.74, 6) is -6.21. The molecule has 20 heteroatoms. The topological polar surface area (TPSA) is 324 Å². The van der Waals surface area contributed by atoms with Gasteiger partial charge >= 0.3 is 5.97 Å². The van der Waals surface area contributed by atoms with E-state index < -0.39 is 135 Å². The van der Waals surface area contributed by atoms with Crippen LogP contribution in [0, 0.1) is 0 Å². The minimum Gasteiger partial charge on any atom is -0.477 e. The van der Waals surface area contributed by atoms with Crippen molar-refractivity contribution in [3.05, 3.63) is 0 Å². The number of aliphatic carboxylic acids is 1. The fraction of sp³-hybridized carbons (Fsp3) is 0.880. The lowest BCUT2D eigenvalue weighted by Crippen LogP contribution is -2.70. The lowest BCUT2D eigenvalue weighted by atomic mass is 9.88. The highest BCUT2D eigenvalue weighted by Gasteiger charge is 2.60. The number of aliphatic hydroxyl groups excluding tert-OH is 9. The van der Waals surface area contributed by atoms with Gasteiger partial charge in [0.15, 0.2) is 6.29 Å². The van der Waals surface area contributed by atoms with Gasteiger partial charge in [-0.05, 0) is 0 Å². The van der Waals surface area contributed by atoms with E-state index in [9.17, 15) is 65.4 Å². The van der Waals surface area contributed by atoms with Crippen LogP contribution in [0.4, 0.5) is 0 Å². The summed E-state index contributed by atoms with van der Waals surface area (Å²) in [6.07, 6.45) is -22.7. The van der Waals surface area contributed by atoms with Gasteiger partial charge in [0.1, 0.15) is 61.0 Å². The molecule has 0 bridgehead atoms. The maximum atomic E-state index is 12.6. The van der Waals surface area contributed by atoms with Crippen molar-refractivity contribution in [2.24, 2.45) is 0 Å². The summed E-state index contributed by atoms with van der Waals surface area (Å²) < 4.78 is 27.8. The standard InChI is InChI=1S/C25H42N2O18/c1-8(31)26-10-7-41-14(6-30)20(16(10)35)43-23-19(38)22(18(37)13(5-29)42-23)45-25(24(39)40)3-11(33)15(27-9(2)32)21(44-25)17(36)12(34)4-28/h10-23,28-30,33-38H,3-7H2,1-2H3,(H,26,31)(H,27,32)(H,39,40)/t10-,11-,12+,13+,14+,15+,16+,17+,18-,19+,20+,21+,22-,23-,25-/m0/s1. The molecular formula is C25H42N2O18. The Morgan fingerprint density at radius 2 is 1.53 bits per heavy atom. The molecule has 2 amide bonds. The van der Waals surface area contributed by atoms with E-state index in [4.69, 9.17) is 23.7 Å². The fourth-order valence-corrected chi connectivity index (χ4v) is 5.51. The quantitative estimate of drug-likeness (QED) is 0.0926. The molecule has 12 N–H and O–H groups in total. The van der Waals surface area contributed by atoms with E-state index in [1.807, 2.05) is 0 Å². The highest BCUT2D eigenvalue weighted by atomic mass is 16.8. The lowest BCUT2D eigenvalue weighted by molar-refractivity contribution is -0.378. The first-order valence-corrected chi connectivity index (χ1v) is 14.1. The van der Waals surface area contributed by atoms with Crippen molar-refractivity contribution in [2.75, 3.05) is 26.4 Å². The number of aliphatic hydroxyl groups is 9. The molecule has 15 atom stereocenters. The van der Waals surface area contributed by atoms with Crippen molar-refractivity contribution in [1.82, 2.24) is 10.6 Å². The smallest absolute Gasteiger partial charge is 0.364 e. The minimum absolute atomic E-state index is 0.220. The molecule has 20 nitrogen and oxygen atoms in total. The van der Waals surface area contributed by atoms with E-state index in [2.05, 4.69) is 10.6 Å². The minimum atomic E-state index is -3.00. The van der Waals surface area contributed by atoms with Gasteiger partial charge in [-0.15, -0.1) is 0 Å². The third kappa shape index (κ3) is 8.23. The van der Waals surface area contributed by atoms with Gasteiger partial charge in [0.25, 0.3) is 5.79 Å². The summed E-state index contributed by atoms with van der Waals surface area (Å²) in [5, 5.41) is 108. The van der Waals surface area contributed by atoms with Crippen LogP contribution >= 0.6 is 0 Å². The summed E-state index contributed by atoms with van der Waals surface area (Å²) >= 11 is 0. The van der Waals surface area contributed by atoms with Gasteiger partial charge in [0.05, 0.1) is 44.6 Å². The SMILES string of the molecule is CC(=O)N[C@H]1[C@H]([C@H](O)[C@H](O)CO)O[C@@](O[C@H]2[C@@H](O)[C@@H](CO)O[C@@H](O[C@H]3[C@H](O)[C@@H](NC(C)=O)CO[C@@H]3CO)[C@@H]2O)(C(=O)O)C[C@@H]1O. The molecule has 0 unspecified atom stereocenters. The Morgan fingerprint density at radius 3 is 2.07 bits per heavy atom. The van der Waals surface area contributed by atoms with Gasteiger partial charge in [0, 0.05) is 20.3 Å². The van der Waals surface area contributed by atoms with Crippen molar-refractivity contribution in [3.8, 4) is 0 Å². The number of hydrogen-bond donors (Lipinski definition) is 12. The number of carbonyl (C=O) groups is 3. The van der Waals surface area contributed by atoms with Crippen LogP contribution in [-0.4, -0.2) is 187 Å². The number of nitrogens with one attached hydrogen (secondary N) is 2. The molecule has 3 aliphatic rings. The summed E-state index contributed by atoms with van der Waals surface area (Å²) in [4.78, 5) is 36.0. The van der Waals surface area contributed by atoms with Crippen LogP contribution in [0.25, 0.3) is 0 Å². The predicted molar refractivity (Wildman–Crippen MR) is 141 cm³/mol. The van der Waals surface area contributed by atoms with Crippen molar-refractivity contribution in [1.29, 1.82) is 0 Å². The number of amides is 2. The van der Waals surface area contributed by atoms with Crippen LogP contribution < -0.4 is 10.6 Å². The highest BCUT2D eigenvalue weighted by molar-refractivity contribution is 5.76. The van der Waals surface area contributed by atoms with E-state index in [0.29, 0.717) is 0 Å². The van der Waals surface area contributed by atoms with Gasteiger partial charge < -0.3 is 85.4 Å². The molecule has 0 radical (unpaired) electrons. The van der Waals surface area contributed by atoms with Crippen molar-refractivity contribution in [2.45, 2.75) is 112 Å². The van der Waals surface area contributed by atoms with Crippen LogP contribution in [0.3, 0.4) is 0 Å². The van der Waals surface area contributed by atoms with Crippen LogP contribution in [0.1, 0.15) is 20.3 Å². The molecule has 3 saturated heterocycles. The summed E-state index contributed by atoms with van der Waals surface area (Å²) in [5.41, 5.74) is 0. The first-order valence-electron chi connectivity index (χ1n) is 14.1. The van der Waals surface area contributed by atoms with Gasteiger partial charge in [-0.25, -0.2) is 4.79 Å². The molecule has 0 aromatic rings. The molecule has 0 aliphatic carbocycles. The van der Waals surface area contributed by atoms with Gasteiger partial charge in [-0.1, -0.05) is 0 Å². The Bertz CT molecular complexity index is 1020. The van der Waals surface area contributed by atoms with Crippen LogP contribution in [0.5, 0.6) is 0 Å². The summed E-state index contributed by atoms with van der Waals surface area (Å²) in [6, 6.07) is -2.55. The third-order valence-corrected chi connectivity index (χ3v) is 7.80. The number of carboxylic acid groups (broad SMARTS) is 1. The highest BCUT2D eigenvalue weighted by Crippen LogP contribution is 2.38. The largest absolute Gasteiger partial charge is 0.477 e. The van der Waals surface area contributed by atoms with Crippen LogP contribution in [-0.2, 0) is 38.1 Å². The monoisotopic (exact) mass is 658 g/mol. The van der Waals surface area contributed by atoms with Gasteiger partial charge in [-0.2, -0.15) is 0 Å². The Hall–Kier alpha value is -2.15. The van der Waals surface area contributed by atoms with E-state index in [-0.39, 0.29) is 6.61 Å². The zero-order valence-corrected chi connectivity index (χ0v) is 24.4. The Morgan fingerprint density at radius 1 is 0.911 bits per heavy atom. The lowest BCUT2D eigenvalue weighted by Gasteiger charge is -2.50. The van der Waals surface area contributed by atoms with Crippen LogP contribution in [0.2, 0.25) is 0 Å². The van der Waals surface area contributed by atoms with Crippen molar-refractivity contribution < 1.29 is 89.1 Å². The maximum Gasteiger partial charge on any atom is 0.364 e. The summed E-state index contributed by atoms with van der Waals surface area (Å²) in [7, 11) is 0. The van der Waals surface area contributed by atoms with Gasteiger partial charge in [0.2, 0.25) is 11.8 Å². The zero-order valence-electron chi connectivity index (χ0n) is 24.4. The summed E-state index contributed by atoms with van der Waals surface area (Å²) in [6.45, 7) is -0.662. The molecule has 0 aromatic carbocycles. The number of carbonyl (C=O) groups excluding carboxylic acids is 2. The Kier molecular flexibility index (Phi) is 13.0. The Balaban J connectivity index is 1.94. The average molecular weight is 659 g/mol. The van der Waals surface area contributed by atoms with E-state index in [1.54, 1.807) is 0 Å². The molecular weight excluding hydrogens is 616 g/mol.